The summed E-state index contributed by atoms with van der Waals surface area (Å²) in [6, 6.07) is 8.08. The van der Waals surface area contributed by atoms with Crippen LogP contribution in [-0.4, -0.2) is 11.3 Å². The number of carbonyl (C=O) groups excluding carboxylic acids is 1. The molecule has 0 aromatic heterocycles. The number of aryl methyl sites for hydroxylation is 1. The van der Waals surface area contributed by atoms with Gasteiger partial charge in [0, 0.05) is 6.42 Å². The van der Waals surface area contributed by atoms with Gasteiger partial charge >= 0.3 is 0 Å². The van der Waals surface area contributed by atoms with E-state index in [4.69, 9.17) is 5.73 Å². The zero-order valence-corrected chi connectivity index (χ0v) is 9.99. The van der Waals surface area contributed by atoms with E-state index in [-0.39, 0.29) is 5.78 Å². The lowest BCUT2D eigenvalue weighted by Crippen LogP contribution is -2.47. The predicted octanol–water partition coefficient (Wildman–Crippen LogP) is 2.23. The van der Waals surface area contributed by atoms with Crippen LogP contribution in [0.5, 0.6) is 0 Å². The van der Waals surface area contributed by atoms with Crippen LogP contribution in [0, 0.1) is 12.8 Å². The lowest BCUT2D eigenvalue weighted by Gasteiger charge is -2.22. The van der Waals surface area contributed by atoms with Gasteiger partial charge < -0.3 is 5.73 Å². The molecule has 0 saturated heterocycles. The minimum absolute atomic E-state index is 0.167. The molecule has 0 aliphatic heterocycles. The molecule has 1 unspecified atom stereocenters. The molecule has 0 spiro atoms. The standard InChI is InChI=1S/C14H19NO/c1-10-4-3-5-11(8-10)9-13(16)14(2,15)12-6-7-12/h3-5,8,12H,6-7,9,15H2,1-2H3. The Balaban J connectivity index is 2.07. The molecule has 0 amide bonds. The molecule has 1 fully saturated rings. The number of ketones is 1. The van der Waals surface area contributed by atoms with E-state index < -0.39 is 5.54 Å². The van der Waals surface area contributed by atoms with Crippen molar-refractivity contribution in [3.8, 4) is 0 Å². The Morgan fingerprint density at radius 1 is 1.50 bits per heavy atom. The van der Waals surface area contributed by atoms with E-state index in [0.717, 1.165) is 18.4 Å². The minimum atomic E-state index is -0.621. The average Bonchev–Trinajstić information content (AvgIpc) is 3.00. The van der Waals surface area contributed by atoms with E-state index in [9.17, 15) is 4.79 Å². The SMILES string of the molecule is Cc1cccc(CC(=O)C(C)(N)C2CC2)c1. The van der Waals surface area contributed by atoms with E-state index in [1.807, 2.05) is 32.0 Å². The number of rotatable bonds is 4. The fourth-order valence-corrected chi connectivity index (χ4v) is 2.11. The van der Waals surface area contributed by atoms with Crippen LogP contribution >= 0.6 is 0 Å². The quantitative estimate of drug-likeness (QED) is 0.840. The molecule has 86 valence electrons. The second kappa shape index (κ2) is 4.02. The van der Waals surface area contributed by atoms with Crippen molar-refractivity contribution in [1.82, 2.24) is 0 Å². The molecule has 0 heterocycles. The molecule has 1 aromatic rings. The number of hydrogen-bond acceptors (Lipinski definition) is 2. The van der Waals surface area contributed by atoms with E-state index in [0.29, 0.717) is 12.3 Å². The van der Waals surface area contributed by atoms with E-state index in [1.54, 1.807) is 0 Å². The van der Waals surface area contributed by atoms with Gasteiger partial charge in [0.15, 0.2) is 5.78 Å². The molecule has 2 N–H and O–H groups in total. The molecule has 2 nitrogen and oxygen atoms in total. The van der Waals surface area contributed by atoms with Crippen molar-refractivity contribution in [2.24, 2.45) is 11.7 Å². The summed E-state index contributed by atoms with van der Waals surface area (Å²) in [7, 11) is 0. The molecular formula is C14H19NO. The molecule has 2 rings (SSSR count). The molecule has 0 radical (unpaired) electrons. The summed E-state index contributed by atoms with van der Waals surface area (Å²) >= 11 is 0. The van der Waals surface area contributed by atoms with Crippen molar-refractivity contribution in [2.75, 3.05) is 0 Å². The topological polar surface area (TPSA) is 43.1 Å². The van der Waals surface area contributed by atoms with Crippen molar-refractivity contribution < 1.29 is 4.79 Å². The Morgan fingerprint density at radius 3 is 2.75 bits per heavy atom. The second-order valence-electron chi connectivity index (χ2n) is 5.15. The highest BCUT2D eigenvalue weighted by atomic mass is 16.1. The first-order valence-corrected chi connectivity index (χ1v) is 5.88. The van der Waals surface area contributed by atoms with E-state index in [2.05, 4.69) is 6.07 Å². The Hall–Kier alpha value is -1.15. The molecule has 1 saturated carbocycles. The highest BCUT2D eigenvalue weighted by molar-refractivity contribution is 5.90. The second-order valence-corrected chi connectivity index (χ2v) is 5.15. The van der Waals surface area contributed by atoms with Crippen LogP contribution in [0.4, 0.5) is 0 Å². The minimum Gasteiger partial charge on any atom is -0.319 e. The van der Waals surface area contributed by atoms with Gasteiger partial charge in [0.05, 0.1) is 5.54 Å². The van der Waals surface area contributed by atoms with Gasteiger partial charge in [-0.3, -0.25) is 4.79 Å². The number of carbonyl (C=O) groups is 1. The van der Waals surface area contributed by atoms with Gasteiger partial charge in [-0.25, -0.2) is 0 Å². The first-order valence-electron chi connectivity index (χ1n) is 5.88. The maximum Gasteiger partial charge on any atom is 0.156 e. The summed E-state index contributed by atoms with van der Waals surface area (Å²) in [4.78, 5) is 12.1. The van der Waals surface area contributed by atoms with Crippen LogP contribution in [0.1, 0.15) is 30.9 Å². The third kappa shape index (κ3) is 2.33. The molecule has 1 aliphatic rings. The summed E-state index contributed by atoms with van der Waals surface area (Å²) in [6.07, 6.45) is 2.67. The van der Waals surface area contributed by atoms with Crippen LogP contribution in [0.15, 0.2) is 24.3 Å². The normalized spacial score (nSPS) is 19.2. The lowest BCUT2D eigenvalue weighted by molar-refractivity contribution is -0.123. The van der Waals surface area contributed by atoms with Crippen molar-refractivity contribution in [3.05, 3.63) is 35.4 Å². The van der Waals surface area contributed by atoms with Crippen LogP contribution in [0.3, 0.4) is 0 Å². The summed E-state index contributed by atoms with van der Waals surface area (Å²) in [5, 5.41) is 0. The van der Waals surface area contributed by atoms with Gasteiger partial charge in [-0.05, 0) is 38.2 Å². The van der Waals surface area contributed by atoms with Gasteiger partial charge in [-0.2, -0.15) is 0 Å². The molecule has 0 bridgehead atoms. The molecule has 16 heavy (non-hydrogen) atoms. The smallest absolute Gasteiger partial charge is 0.156 e. The summed E-state index contributed by atoms with van der Waals surface area (Å²) < 4.78 is 0. The van der Waals surface area contributed by atoms with Crippen LogP contribution in [0.25, 0.3) is 0 Å². The number of benzene rings is 1. The van der Waals surface area contributed by atoms with E-state index >= 15 is 0 Å². The summed E-state index contributed by atoms with van der Waals surface area (Å²) in [6.45, 7) is 3.92. The van der Waals surface area contributed by atoms with E-state index in [1.165, 1.54) is 5.56 Å². The van der Waals surface area contributed by atoms with Crippen molar-refractivity contribution >= 4 is 5.78 Å². The van der Waals surface area contributed by atoms with Crippen molar-refractivity contribution in [2.45, 2.75) is 38.6 Å². The van der Waals surface area contributed by atoms with Crippen LogP contribution in [0.2, 0.25) is 0 Å². The molecular weight excluding hydrogens is 198 g/mol. The number of hydrogen-bond donors (Lipinski definition) is 1. The zero-order chi connectivity index (χ0) is 11.8. The Kier molecular flexibility index (Phi) is 2.85. The summed E-state index contributed by atoms with van der Waals surface area (Å²) in [5.41, 5.74) is 7.74. The van der Waals surface area contributed by atoms with Gasteiger partial charge in [0.25, 0.3) is 0 Å². The molecule has 2 heteroatoms. The predicted molar refractivity (Wildman–Crippen MR) is 65.2 cm³/mol. The molecule has 1 aromatic carbocycles. The lowest BCUT2D eigenvalue weighted by atomic mass is 9.88. The first-order chi connectivity index (χ1) is 7.50. The third-order valence-corrected chi connectivity index (χ3v) is 3.47. The highest BCUT2D eigenvalue weighted by Gasteiger charge is 2.43. The largest absolute Gasteiger partial charge is 0.319 e. The zero-order valence-electron chi connectivity index (χ0n) is 9.99. The number of nitrogens with two attached hydrogens (primary N) is 1. The van der Waals surface area contributed by atoms with Gasteiger partial charge in [-0.15, -0.1) is 0 Å². The Morgan fingerprint density at radius 2 is 2.19 bits per heavy atom. The first kappa shape index (κ1) is 11.3. The van der Waals surface area contributed by atoms with Crippen LogP contribution < -0.4 is 5.73 Å². The monoisotopic (exact) mass is 217 g/mol. The maximum absolute atomic E-state index is 12.1. The number of Topliss-reactive ketones (excluding diaryl/α,β-unsaturated/α-hetero) is 1. The summed E-state index contributed by atoms with van der Waals surface area (Å²) in [5.74, 6) is 0.574. The third-order valence-electron chi connectivity index (χ3n) is 3.47. The van der Waals surface area contributed by atoms with Gasteiger partial charge in [-0.1, -0.05) is 29.8 Å². The maximum atomic E-state index is 12.1. The van der Waals surface area contributed by atoms with Gasteiger partial charge in [0.1, 0.15) is 0 Å². The van der Waals surface area contributed by atoms with Crippen molar-refractivity contribution in [1.29, 1.82) is 0 Å². The van der Waals surface area contributed by atoms with Crippen LogP contribution in [-0.2, 0) is 11.2 Å². The highest BCUT2D eigenvalue weighted by Crippen LogP contribution is 2.38. The fourth-order valence-electron chi connectivity index (χ4n) is 2.11. The van der Waals surface area contributed by atoms with Crippen molar-refractivity contribution in [3.63, 3.8) is 0 Å². The Bertz CT molecular complexity index is 405. The fraction of sp³-hybridized carbons (Fsp3) is 0.500. The molecule has 1 aliphatic carbocycles. The van der Waals surface area contributed by atoms with Gasteiger partial charge in [0.2, 0.25) is 0 Å². The average molecular weight is 217 g/mol. The molecule has 1 atom stereocenters. The Labute approximate surface area is 96.8 Å².